The van der Waals surface area contributed by atoms with Gasteiger partial charge in [-0.1, -0.05) is 12.0 Å². The van der Waals surface area contributed by atoms with E-state index in [2.05, 4.69) is 17.9 Å². The summed E-state index contributed by atoms with van der Waals surface area (Å²) in [5.74, 6) is 5.80. The Labute approximate surface area is 109 Å². The van der Waals surface area contributed by atoms with Crippen molar-refractivity contribution in [3.05, 3.63) is 28.0 Å². The zero-order chi connectivity index (χ0) is 12.3. The van der Waals surface area contributed by atoms with Crippen LogP contribution in [0.4, 0.5) is 0 Å². The van der Waals surface area contributed by atoms with Gasteiger partial charge in [0.05, 0.1) is 10.1 Å². The summed E-state index contributed by atoms with van der Waals surface area (Å²) >= 11 is 3.18. The number of rotatable bonds is 3. The first-order valence-electron chi connectivity index (χ1n) is 5.28. The van der Waals surface area contributed by atoms with Gasteiger partial charge in [-0.2, -0.15) is 0 Å². The minimum absolute atomic E-state index is 0.0913. The van der Waals surface area contributed by atoms with Crippen LogP contribution < -0.4 is 0 Å². The van der Waals surface area contributed by atoms with Crippen molar-refractivity contribution >= 4 is 33.8 Å². The quantitative estimate of drug-likeness (QED) is 0.852. The van der Waals surface area contributed by atoms with Gasteiger partial charge < -0.3 is 5.11 Å². The first kappa shape index (κ1) is 12.4. The molecule has 0 fully saturated rings. The zero-order valence-electron chi connectivity index (χ0n) is 9.40. The number of hydrogen-bond donors (Lipinski definition) is 1. The molecule has 1 aromatic rings. The molecule has 1 unspecified atom stereocenters. The van der Waals surface area contributed by atoms with E-state index in [9.17, 15) is 4.79 Å². The molecule has 2 rings (SSSR count). The first-order valence-corrected chi connectivity index (χ1v) is 6.97. The minimum Gasteiger partial charge on any atom is -0.389 e. The van der Waals surface area contributed by atoms with E-state index in [1.807, 2.05) is 19.1 Å². The zero-order valence-corrected chi connectivity index (χ0v) is 11.0. The molecule has 1 atom stereocenters. The summed E-state index contributed by atoms with van der Waals surface area (Å²) in [6, 6.07) is 4.04. The Morgan fingerprint density at radius 3 is 3.12 bits per heavy atom. The molecule has 1 aliphatic rings. The summed E-state index contributed by atoms with van der Waals surface area (Å²) in [6.07, 6.45) is 2.78. The monoisotopic (exact) mass is 264 g/mol. The average Bonchev–Trinajstić information content (AvgIpc) is 2.96. The molecule has 0 aliphatic carbocycles. The van der Waals surface area contributed by atoms with Gasteiger partial charge in [0.25, 0.3) is 0 Å². The number of thioether (sulfide) groups is 1. The summed E-state index contributed by atoms with van der Waals surface area (Å²) in [6.45, 7) is 1.45. The lowest BCUT2D eigenvalue weighted by atomic mass is 10.2. The van der Waals surface area contributed by atoms with Crippen LogP contribution in [-0.4, -0.2) is 22.7 Å². The molecule has 0 saturated heterocycles. The molecule has 0 aromatic carbocycles. The molecule has 1 aromatic heterocycles. The number of carbonyl (C=O) groups is 1. The summed E-state index contributed by atoms with van der Waals surface area (Å²) in [7, 11) is 0. The first-order chi connectivity index (χ1) is 8.24. The number of allylic oxidation sites excluding steroid dienone is 1. The molecule has 88 valence electrons. The smallest absolute Gasteiger partial charge is 0.171 e. The molecule has 1 N–H and O–H groups in total. The van der Waals surface area contributed by atoms with E-state index in [1.165, 1.54) is 0 Å². The van der Waals surface area contributed by atoms with Crippen molar-refractivity contribution in [2.75, 3.05) is 6.61 Å². The van der Waals surface area contributed by atoms with Gasteiger partial charge in [0.1, 0.15) is 6.61 Å². The van der Waals surface area contributed by atoms with Crippen LogP contribution in [0, 0.1) is 11.8 Å². The molecule has 0 spiro atoms. The largest absolute Gasteiger partial charge is 0.389 e. The second-order valence-electron chi connectivity index (χ2n) is 3.57. The molecule has 2 nitrogen and oxygen atoms in total. The summed E-state index contributed by atoms with van der Waals surface area (Å²) in [5.41, 5.74) is 0. The van der Waals surface area contributed by atoms with E-state index in [1.54, 1.807) is 23.1 Å². The van der Waals surface area contributed by atoms with E-state index in [-0.39, 0.29) is 17.6 Å². The second-order valence-corrected chi connectivity index (χ2v) is 5.90. The van der Waals surface area contributed by atoms with Crippen molar-refractivity contribution in [1.82, 2.24) is 0 Å². The van der Waals surface area contributed by atoms with Crippen molar-refractivity contribution in [3.63, 3.8) is 0 Å². The molecular weight excluding hydrogens is 252 g/mol. The molecule has 0 amide bonds. The number of carbonyl (C=O) groups excluding carboxylic acids is 1. The molecule has 4 heteroatoms. The van der Waals surface area contributed by atoms with Crippen LogP contribution in [0.15, 0.2) is 18.2 Å². The van der Waals surface area contributed by atoms with Gasteiger partial charge >= 0.3 is 0 Å². The van der Waals surface area contributed by atoms with Crippen LogP contribution in [-0.2, 0) is 4.79 Å². The SMILES string of the molecule is CC#Cc1ccc(C2=CCC(C(=O)CO)S2)s1. The maximum absolute atomic E-state index is 11.4. The van der Waals surface area contributed by atoms with E-state index in [0.29, 0.717) is 6.42 Å². The molecule has 0 radical (unpaired) electrons. The van der Waals surface area contributed by atoms with E-state index in [0.717, 1.165) is 14.7 Å². The topological polar surface area (TPSA) is 37.3 Å². The van der Waals surface area contributed by atoms with Crippen molar-refractivity contribution in [2.45, 2.75) is 18.6 Å². The Morgan fingerprint density at radius 1 is 1.59 bits per heavy atom. The van der Waals surface area contributed by atoms with Crippen molar-refractivity contribution < 1.29 is 9.90 Å². The molecule has 2 heterocycles. The number of hydrogen-bond acceptors (Lipinski definition) is 4. The van der Waals surface area contributed by atoms with Gasteiger partial charge in [0.15, 0.2) is 5.78 Å². The van der Waals surface area contributed by atoms with Crippen molar-refractivity contribution in [2.24, 2.45) is 0 Å². The van der Waals surface area contributed by atoms with Crippen molar-refractivity contribution in [3.8, 4) is 11.8 Å². The second kappa shape index (κ2) is 5.54. The third kappa shape index (κ3) is 2.81. The standard InChI is InChI=1S/C13H12O2S2/c1-2-3-9-4-5-12(16-9)13-7-6-11(17-13)10(15)8-14/h4-5,7,11,14H,6,8H2,1H3. The fourth-order valence-electron chi connectivity index (χ4n) is 1.58. The van der Waals surface area contributed by atoms with E-state index in [4.69, 9.17) is 5.11 Å². The van der Waals surface area contributed by atoms with Gasteiger partial charge in [0.2, 0.25) is 0 Å². The van der Waals surface area contributed by atoms with Gasteiger partial charge in [-0.25, -0.2) is 0 Å². The third-order valence-electron chi connectivity index (χ3n) is 2.40. The van der Waals surface area contributed by atoms with Gasteiger partial charge in [-0.15, -0.1) is 29.0 Å². The van der Waals surface area contributed by atoms with E-state index >= 15 is 0 Å². The normalized spacial score (nSPS) is 18.5. The Hall–Kier alpha value is -1.02. The lowest BCUT2D eigenvalue weighted by molar-refractivity contribution is -0.121. The van der Waals surface area contributed by atoms with Crippen LogP contribution in [0.2, 0.25) is 0 Å². The highest BCUT2D eigenvalue weighted by molar-refractivity contribution is 8.10. The Balaban J connectivity index is 2.08. The number of Topliss-reactive ketones (excluding diaryl/α,β-unsaturated/α-hetero) is 1. The van der Waals surface area contributed by atoms with Crippen molar-refractivity contribution in [1.29, 1.82) is 0 Å². The predicted octanol–water partition coefficient (Wildman–Crippen LogP) is 2.53. The lowest BCUT2D eigenvalue weighted by Crippen LogP contribution is -2.17. The van der Waals surface area contributed by atoms with Crippen LogP contribution in [0.5, 0.6) is 0 Å². The third-order valence-corrected chi connectivity index (χ3v) is 4.94. The highest BCUT2D eigenvalue weighted by Gasteiger charge is 2.25. The van der Waals surface area contributed by atoms with E-state index < -0.39 is 0 Å². The number of ketones is 1. The van der Waals surface area contributed by atoms with Gasteiger partial charge in [-0.3, -0.25) is 4.79 Å². The fraction of sp³-hybridized carbons (Fsp3) is 0.308. The summed E-state index contributed by atoms with van der Waals surface area (Å²) in [4.78, 5) is 14.7. The number of thiophene rings is 1. The molecule has 1 aliphatic heterocycles. The predicted molar refractivity (Wildman–Crippen MR) is 72.9 cm³/mol. The highest BCUT2D eigenvalue weighted by Crippen LogP contribution is 2.41. The molecule has 0 bridgehead atoms. The summed E-state index contributed by atoms with van der Waals surface area (Å²) in [5, 5.41) is 8.71. The van der Waals surface area contributed by atoms with Crippen LogP contribution in [0.1, 0.15) is 23.1 Å². The molecule has 17 heavy (non-hydrogen) atoms. The Kier molecular flexibility index (Phi) is 4.06. The van der Waals surface area contributed by atoms with Crippen LogP contribution in [0.3, 0.4) is 0 Å². The number of aliphatic hydroxyl groups is 1. The average molecular weight is 264 g/mol. The van der Waals surface area contributed by atoms with Crippen LogP contribution >= 0.6 is 23.1 Å². The molecular formula is C13H12O2S2. The minimum atomic E-state index is -0.365. The maximum atomic E-state index is 11.4. The number of aliphatic hydroxyl groups excluding tert-OH is 1. The lowest BCUT2D eigenvalue weighted by Gasteiger charge is -2.05. The maximum Gasteiger partial charge on any atom is 0.171 e. The van der Waals surface area contributed by atoms with Gasteiger partial charge in [-0.05, 0) is 25.5 Å². The highest BCUT2D eigenvalue weighted by atomic mass is 32.2. The van der Waals surface area contributed by atoms with Crippen LogP contribution in [0.25, 0.3) is 4.91 Å². The molecule has 0 saturated carbocycles. The Bertz CT molecular complexity index is 517. The Morgan fingerprint density at radius 2 is 2.41 bits per heavy atom. The van der Waals surface area contributed by atoms with Gasteiger partial charge in [0, 0.05) is 9.78 Å². The fourth-order valence-corrected chi connectivity index (χ4v) is 3.78. The summed E-state index contributed by atoms with van der Waals surface area (Å²) < 4.78 is 0.